The maximum atomic E-state index is 11.8. The molecule has 0 spiro atoms. The molecule has 0 aliphatic heterocycles. The Kier molecular flexibility index (Phi) is 3.69. The van der Waals surface area contributed by atoms with Gasteiger partial charge in [0.25, 0.3) is 0 Å². The number of nitrogens with one attached hydrogen (secondary N) is 1. The van der Waals surface area contributed by atoms with E-state index in [1.165, 1.54) is 11.1 Å². The van der Waals surface area contributed by atoms with Crippen molar-refractivity contribution in [3.05, 3.63) is 35.4 Å². The van der Waals surface area contributed by atoms with E-state index in [-0.39, 0.29) is 5.92 Å². The summed E-state index contributed by atoms with van der Waals surface area (Å²) in [5.74, 6) is 0.243. The molecule has 2 atom stereocenters. The molecule has 0 radical (unpaired) electrons. The van der Waals surface area contributed by atoms with Crippen molar-refractivity contribution in [2.75, 3.05) is 6.54 Å². The second-order valence-corrected chi connectivity index (χ2v) is 6.47. The Labute approximate surface area is 108 Å². The zero-order valence-corrected chi connectivity index (χ0v) is 11.1. The van der Waals surface area contributed by atoms with Crippen molar-refractivity contribution in [1.82, 2.24) is 4.72 Å². The molecule has 0 saturated heterocycles. The topological polar surface area (TPSA) is 70.0 Å². The van der Waals surface area contributed by atoms with Gasteiger partial charge in [0.2, 0.25) is 10.0 Å². The summed E-state index contributed by atoms with van der Waals surface area (Å²) >= 11 is 0. The fourth-order valence-electron chi connectivity index (χ4n) is 2.24. The van der Waals surface area contributed by atoms with E-state index in [0.29, 0.717) is 13.0 Å². The van der Waals surface area contributed by atoms with Crippen LogP contribution in [0.3, 0.4) is 0 Å². The predicted molar refractivity (Wildman–Crippen MR) is 69.5 cm³/mol. The van der Waals surface area contributed by atoms with E-state index in [1.807, 2.05) is 24.3 Å². The van der Waals surface area contributed by atoms with Crippen LogP contribution >= 0.6 is 0 Å². The highest BCUT2D eigenvalue weighted by Gasteiger charge is 2.29. The smallest absolute Gasteiger partial charge is 0.213 e. The molecule has 1 N–H and O–H groups in total. The van der Waals surface area contributed by atoms with Crippen LogP contribution in [-0.4, -0.2) is 20.2 Å². The number of rotatable bonds is 5. The predicted octanol–water partition coefficient (Wildman–Crippen LogP) is 1.55. The molecule has 4 nitrogen and oxygen atoms in total. The van der Waals surface area contributed by atoms with E-state index >= 15 is 0 Å². The highest BCUT2D eigenvalue weighted by Crippen LogP contribution is 2.34. The molecular formula is C13H16N2O2S. The van der Waals surface area contributed by atoms with Crippen LogP contribution < -0.4 is 4.72 Å². The van der Waals surface area contributed by atoms with Gasteiger partial charge < -0.3 is 0 Å². The van der Waals surface area contributed by atoms with Crippen molar-refractivity contribution in [3.8, 4) is 6.07 Å². The van der Waals surface area contributed by atoms with Crippen LogP contribution in [-0.2, 0) is 16.4 Å². The molecule has 1 aromatic carbocycles. The zero-order chi connectivity index (χ0) is 13.2. The summed E-state index contributed by atoms with van der Waals surface area (Å²) in [5, 5.41) is 7.84. The Morgan fingerprint density at radius 3 is 2.83 bits per heavy atom. The minimum Gasteiger partial charge on any atom is -0.213 e. The quantitative estimate of drug-likeness (QED) is 0.877. The molecule has 0 aromatic heterocycles. The molecule has 1 aromatic rings. The summed E-state index contributed by atoms with van der Waals surface area (Å²) in [6, 6.07) is 9.86. The Balaban J connectivity index is 1.97. The lowest BCUT2D eigenvalue weighted by Gasteiger charge is -2.30. The maximum Gasteiger partial charge on any atom is 0.227 e. The molecule has 5 heteroatoms. The van der Waals surface area contributed by atoms with Crippen molar-refractivity contribution in [1.29, 1.82) is 5.26 Å². The van der Waals surface area contributed by atoms with Crippen LogP contribution in [0.15, 0.2) is 24.3 Å². The highest BCUT2D eigenvalue weighted by molar-refractivity contribution is 7.90. The van der Waals surface area contributed by atoms with Gasteiger partial charge >= 0.3 is 0 Å². The Bertz CT molecular complexity index is 575. The van der Waals surface area contributed by atoms with Crippen molar-refractivity contribution in [2.45, 2.75) is 30.9 Å². The first-order valence-electron chi connectivity index (χ1n) is 6.04. The van der Waals surface area contributed by atoms with Crippen molar-refractivity contribution in [3.63, 3.8) is 0 Å². The van der Waals surface area contributed by atoms with Gasteiger partial charge in [-0.25, -0.2) is 13.1 Å². The zero-order valence-electron chi connectivity index (χ0n) is 10.3. The summed E-state index contributed by atoms with van der Waals surface area (Å²) in [7, 11) is -3.51. The van der Waals surface area contributed by atoms with E-state index in [0.717, 1.165) is 6.42 Å². The van der Waals surface area contributed by atoms with E-state index < -0.39 is 15.3 Å². The lowest BCUT2D eigenvalue weighted by molar-refractivity contribution is 0.546. The van der Waals surface area contributed by atoms with Gasteiger partial charge in [0, 0.05) is 12.5 Å². The van der Waals surface area contributed by atoms with Crippen molar-refractivity contribution < 1.29 is 8.42 Å². The van der Waals surface area contributed by atoms with Gasteiger partial charge in [-0.15, -0.1) is 0 Å². The van der Waals surface area contributed by atoms with Crippen LogP contribution in [0.25, 0.3) is 0 Å². The third-order valence-electron chi connectivity index (χ3n) is 3.38. The van der Waals surface area contributed by atoms with Gasteiger partial charge in [0.15, 0.2) is 5.25 Å². The van der Waals surface area contributed by atoms with Crippen LogP contribution in [0.1, 0.15) is 30.4 Å². The lowest BCUT2D eigenvalue weighted by atomic mass is 9.78. The monoisotopic (exact) mass is 264 g/mol. The lowest BCUT2D eigenvalue weighted by Crippen LogP contribution is -2.38. The minimum atomic E-state index is -3.51. The largest absolute Gasteiger partial charge is 0.227 e. The second-order valence-electron chi connectivity index (χ2n) is 4.52. The van der Waals surface area contributed by atoms with Gasteiger partial charge in [-0.3, -0.25) is 0 Å². The van der Waals surface area contributed by atoms with Crippen molar-refractivity contribution >= 4 is 10.0 Å². The summed E-state index contributed by atoms with van der Waals surface area (Å²) in [4.78, 5) is 0. The van der Waals surface area contributed by atoms with Gasteiger partial charge in [-0.1, -0.05) is 31.2 Å². The SMILES string of the molecule is CCC(C#N)S(=O)(=O)NCC1Cc2ccccc21. The molecule has 0 heterocycles. The van der Waals surface area contributed by atoms with Gasteiger partial charge in [0.05, 0.1) is 6.07 Å². The minimum absolute atomic E-state index is 0.243. The average Bonchev–Trinajstić information content (AvgIpc) is 2.31. The normalized spacial score (nSPS) is 19.4. The molecule has 0 bridgehead atoms. The van der Waals surface area contributed by atoms with Gasteiger partial charge in [-0.05, 0) is 24.0 Å². The molecule has 1 aliphatic carbocycles. The van der Waals surface area contributed by atoms with Crippen LogP contribution in [0.2, 0.25) is 0 Å². The van der Waals surface area contributed by atoms with E-state index in [9.17, 15) is 8.42 Å². The van der Waals surface area contributed by atoms with E-state index in [4.69, 9.17) is 5.26 Å². The number of hydrogen-bond acceptors (Lipinski definition) is 3. The molecule has 2 rings (SSSR count). The first-order valence-corrected chi connectivity index (χ1v) is 7.59. The third kappa shape index (κ3) is 2.40. The number of fused-ring (bicyclic) bond motifs is 1. The van der Waals surface area contributed by atoms with Crippen LogP contribution in [0.4, 0.5) is 0 Å². The standard InChI is InChI=1S/C13H16N2O2S/c1-2-12(8-14)18(16,17)15-9-11-7-10-5-3-4-6-13(10)11/h3-6,11-12,15H,2,7,9H2,1H3. The van der Waals surface area contributed by atoms with Crippen LogP contribution in [0.5, 0.6) is 0 Å². The molecule has 0 amide bonds. The Morgan fingerprint density at radius 2 is 2.22 bits per heavy atom. The third-order valence-corrected chi connectivity index (χ3v) is 5.14. The first-order chi connectivity index (χ1) is 8.58. The molecule has 2 unspecified atom stereocenters. The van der Waals surface area contributed by atoms with Gasteiger partial charge in [-0.2, -0.15) is 5.26 Å². The molecule has 0 fully saturated rings. The average molecular weight is 264 g/mol. The molecule has 96 valence electrons. The van der Waals surface area contributed by atoms with E-state index in [2.05, 4.69) is 10.8 Å². The Hall–Kier alpha value is -1.38. The fourth-order valence-corrected chi connectivity index (χ4v) is 3.45. The molecule has 18 heavy (non-hydrogen) atoms. The fraction of sp³-hybridized carbons (Fsp3) is 0.462. The van der Waals surface area contributed by atoms with Crippen LogP contribution in [0, 0.1) is 11.3 Å². The second kappa shape index (κ2) is 5.09. The van der Waals surface area contributed by atoms with Crippen molar-refractivity contribution in [2.24, 2.45) is 0 Å². The number of nitrogens with zero attached hydrogens (tertiary/aromatic N) is 1. The highest BCUT2D eigenvalue weighted by atomic mass is 32.2. The summed E-state index contributed by atoms with van der Waals surface area (Å²) in [5.41, 5.74) is 2.50. The number of benzene rings is 1. The first kappa shape index (κ1) is 13.1. The molecule has 0 saturated carbocycles. The number of nitriles is 1. The van der Waals surface area contributed by atoms with E-state index in [1.54, 1.807) is 6.92 Å². The summed E-state index contributed by atoms with van der Waals surface area (Å²) < 4.78 is 26.2. The number of hydrogen-bond donors (Lipinski definition) is 1. The number of sulfonamides is 1. The maximum absolute atomic E-state index is 11.8. The molecule has 1 aliphatic rings. The molecular weight excluding hydrogens is 248 g/mol. The summed E-state index contributed by atoms with van der Waals surface area (Å²) in [6.07, 6.45) is 1.22. The summed E-state index contributed by atoms with van der Waals surface area (Å²) in [6.45, 7) is 2.09. The Morgan fingerprint density at radius 1 is 1.50 bits per heavy atom. The van der Waals surface area contributed by atoms with Gasteiger partial charge in [0.1, 0.15) is 0 Å².